The van der Waals surface area contributed by atoms with E-state index in [0.29, 0.717) is 12.2 Å². The van der Waals surface area contributed by atoms with E-state index in [9.17, 15) is 9.32 Å². The van der Waals surface area contributed by atoms with Crippen LogP contribution in [-0.2, 0) is 10.8 Å². The van der Waals surface area contributed by atoms with Crippen molar-refractivity contribution in [2.24, 2.45) is 0 Å². The van der Waals surface area contributed by atoms with E-state index in [1.54, 1.807) is 0 Å². The topological polar surface area (TPSA) is 37.3 Å². The molecule has 2 nitrogen and oxygen atoms in total. The molecule has 3 heteroatoms. The number of benzene rings is 2. The van der Waals surface area contributed by atoms with E-state index in [2.05, 4.69) is 0 Å². The Labute approximate surface area is 116 Å². The Hall–Kier alpha value is -1.45. The molecule has 0 amide bonds. The number of aliphatic hydroxyl groups is 1. The first kappa shape index (κ1) is 14.0. The Bertz CT molecular complexity index is 534. The first-order valence-electron chi connectivity index (χ1n) is 6.35. The van der Waals surface area contributed by atoms with Gasteiger partial charge in [0, 0.05) is 10.6 Å². The van der Waals surface area contributed by atoms with Crippen molar-refractivity contribution in [2.45, 2.75) is 24.3 Å². The summed E-state index contributed by atoms with van der Waals surface area (Å²) in [6.45, 7) is 2.01. The Morgan fingerprint density at radius 1 is 1.05 bits per heavy atom. The van der Waals surface area contributed by atoms with Crippen molar-refractivity contribution >= 4 is 10.8 Å². The van der Waals surface area contributed by atoms with Gasteiger partial charge in [-0.05, 0) is 31.0 Å². The third-order valence-electron chi connectivity index (χ3n) is 3.04. The second kappa shape index (κ2) is 6.64. The molecule has 19 heavy (non-hydrogen) atoms. The number of hydrogen-bond donors (Lipinski definition) is 1. The van der Waals surface area contributed by atoms with Crippen molar-refractivity contribution < 1.29 is 9.32 Å². The second-order valence-corrected chi connectivity index (χ2v) is 6.15. The first-order chi connectivity index (χ1) is 9.16. The summed E-state index contributed by atoms with van der Waals surface area (Å²) >= 11 is 0. The fourth-order valence-electron chi connectivity index (χ4n) is 1.87. The minimum atomic E-state index is -1.05. The van der Waals surface area contributed by atoms with Crippen LogP contribution in [0.25, 0.3) is 0 Å². The van der Waals surface area contributed by atoms with Crippen LogP contribution in [0, 0.1) is 6.92 Å². The maximum absolute atomic E-state index is 12.1. The second-order valence-electron chi connectivity index (χ2n) is 4.58. The number of aryl methyl sites for hydroxylation is 1. The third-order valence-corrected chi connectivity index (χ3v) is 4.45. The van der Waals surface area contributed by atoms with Gasteiger partial charge in [0.2, 0.25) is 0 Å². The average molecular weight is 274 g/mol. The molecular formula is C16H18O2S. The van der Waals surface area contributed by atoms with Crippen molar-refractivity contribution in [1.82, 2.24) is 0 Å². The minimum Gasteiger partial charge on any atom is -0.388 e. The SMILES string of the molecule is Cc1ccc(S(=O)CCC(O)c2ccccc2)cc1. The van der Waals surface area contributed by atoms with Gasteiger partial charge in [0.25, 0.3) is 0 Å². The standard InChI is InChI=1S/C16H18O2S/c1-13-7-9-15(10-8-13)19(18)12-11-16(17)14-5-3-2-4-6-14/h2-10,16-17H,11-12H2,1H3. The summed E-state index contributed by atoms with van der Waals surface area (Å²) in [6.07, 6.45) is -0.0413. The molecule has 0 heterocycles. The average Bonchev–Trinajstić information content (AvgIpc) is 2.46. The highest BCUT2D eigenvalue weighted by molar-refractivity contribution is 7.85. The number of aliphatic hydroxyl groups excluding tert-OH is 1. The molecule has 0 aromatic heterocycles. The summed E-state index contributed by atoms with van der Waals surface area (Å²) < 4.78 is 12.1. The van der Waals surface area contributed by atoms with Crippen molar-refractivity contribution in [3.63, 3.8) is 0 Å². The zero-order chi connectivity index (χ0) is 13.7. The fourth-order valence-corrected chi connectivity index (χ4v) is 2.98. The summed E-state index contributed by atoms with van der Waals surface area (Å²) in [5.74, 6) is 0.471. The smallest absolute Gasteiger partial charge is 0.0799 e. The lowest BCUT2D eigenvalue weighted by Gasteiger charge is -2.10. The molecule has 0 aliphatic rings. The van der Waals surface area contributed by atoms with Crippen molar-refractivity contribution in [1.29, 1.82) is 0 Å². The predicted octanol–water partition coefficient (Wildman–Crippen LogP) is 3.23. The monoisotopic (exact) mass is 274 g/mol. The Kier molecular flexibility index (Phi) is 4.88. The van der Waals surface area contributed by atoms with Gasteiger partial charge in [0.15, 0.2) is 0 Å². The molecule has 0 saturated carbocycles. The highest BCUT2D eigenvalue weighted by atomic mass is 32.2. The normalized spacial score (nSPS) is 14.0. The zero-order valence-electron chi connectivity index (χ0n) is 11.0. The van der Waals surface area contributed by atoms with Gasteiger partial charge in [-0.2, -0.15) is 0 Å². The van der Waals surface area contributed by atoms with Gasteiger partial charge in [-0.1, -0.05) is 48.0 Å². The summed E-state index contributed by atoms with van der Waals surface area (Å²) in [5.41, 5.74) is 2.04. The third kappa shape index (κ3) is 4.01. The lowest BCUT2D eigenvalue weighted by molar-refractivity contribution is 0.174. The van der Waals surface area contributed by atoms with Gasteiger partial charge in [0.05, 0.1) is 16.9 Å². The lowest BCUT2D eigenvalue weighted by atomic mass is 10.1. The van der Waals surface area contributed by atoms with Gasteiger partial charge < -0.3 is 5.11 Å². The molecule has 100 valence electrons. The van der Waals surface area contributed by atoms with Gasteiger partial charge in [-0.3, -0.25) is 4.21 Å². The Morgan fingerprint density at radius 2 is 1.68 bits per heavy atom. The molecule has 0 aliphatic carbocycles. The van der Waals surface area contributed by atoms with E-state index in [0.717, 1.165) is 16.0 Å². The number of hydrogen-bond acceptors (Lipinski definition) is 2. The van der Waals surface area contributed by atoms with Crippen LogP contribution < -0.4 is 0 Å². The summed E-state index contributed by atoms with van der Waals surface area (Å²) in [4.78, 5) is 0.825. The Balaban J connectivity index is 1.92. The molecular weight excluding hydrogens is 256 g/mol. The van der Waals surface area contributed by atoms with Crippen LogP contribution in [0.2, 0.25) is 0 Å². The quantitative estimate of drug-likeness (QED) is 0.909. The lowest BCUT2D eigenvalue weighted by Crippen LogP contribution is -2.05. The molecule has 2 rings (SSSR count). The van der Waals surface area contributed by atoms with Crippen LogP contribution in [0.4, 0.5) is 0 Å². The van der Waals surface area contributed by atoms with Crippen LogP contribution in [0.1, 0.15) is 23.7 Å². The van der Waals surface area contributed by atoms with Crippen molar-refractivity contribution in [3.8, 4) is 0 Å². The first-order valence-corrected chi connectivity index (χ1v) is 7.67. The molecule has 0 bridgehead atoms. The van der Waals surface area contributed by atoms with E-state index < -0.39 is 16.9 Å². The maximum atomic E-state index is 12.1. The number of rotatable bonds is 5. The summed E-state index contributed by atoms with van der Waals surface area (Å²) in [6, 6.07) is 17.2. The van der Waals surface area contributed by atoms with Crippen LogP contribution in [-0.4, -0.2) is 15.1 Å². The molecule has 0 fully saturated rings. The molecule has 0 spiro atoms. The summed E-state index contributed by atoms with van der Waals surface area (Å²) in [7, 11) is -1.05. The van der Waals surface area contributed by atoms with Crippen molar-refractivity contribution in [3.05, 3.63) is 65.7 Å². The van der Waals surface area contributed by atoms with Gasteiger partial charge >= 0.3 is 0 Å². The van der Waals surface area contributed by atoms with Crippen LogP contribution in [0.5, 0.6) is 0 Å². The Morgan fingerprint density at radius 3 is 2.32 bits per heavy atom. The molecule has 2 aromatic carbocycles. The van der Waals surface area contributed by atoms with Crippen LogP contribution in [0.3, 0.4) is 0 Å². The van der Waals surface area contributed by atoms with E-state index in [1.165, 1.54) is 0 Å². The highest BCUT2D eigenvalue weighted by Crippen LogP contribution is 2.18. The largest absolute Gasteiger partial charge is 0.388 e. The highest BCUT2D eigenvalue weighted by Gasteiger charge is 2.10. The molecule has 2 unspecified atom stereocenters. The molecule has 2 atom stereocenters. The molecule has 1 N–H and O–H groups in total. The molecule has 2 aromatic rings. The van der Waals surface area contributed by atoms with Crippen LogP contribution >= 0.6 is 0 Å². The van der Waals surface area contributed by atoms with E-state index >= 15 is 0 Å². The van der Waals surface area contributed by atoms with E-state index in [4.69, 9.17) is 0 Å². The minimum absolute atomic E-state index is 0.471. The van der Waals surface area contributed by atoms with Gasteiger partial charge in [-0.15, -0.1) is 0 Å². The van der Waals surface area contributed by atoms with E-state index in [-0.39, 0.29) is 0 Å². The van der Waals surface area contributed by atoms with Gasteiger partial charge in [-0.25, -0.2) is 0 Å². The molecule has 0 radical (unpaired) electrons. The zero-order valence-corrected chi connectivity index (χ0v) is 11.8. The fraction of sp³-hybridized carbons (Fsp3) is 0.250. The van der Waals surface area contributed by atoms with E-state index in [1.807, 2.05) is 61.5 Å². The summed E-state index contributed by atoms with van der Waals surface area (Å²) in [5, 5.41) is 10.0. The van der Waals surface area contributed by atoms with Crippen LogP contribution in [0.15, 0.2) is 59.5 Å². The maximum Gasteiger partial charge on any atom is 0.0799 e. The van der Waals surface area contributed by atoms with Crippen molar-refractivity contribution in [2.75, 3.05) is 5.75 Å². The predicted molar refractivity (Wildman–Crippen MR) is 78.5 cm³/mol. The molecule has 0 saturated heterocycles. The molecule has 0 aliphatic heterocycles. The van der Waals surface area contributed by atoms with Gasteiger partial charge in [0.1, 0.15) is 0 Å².